The van der Waals surface area contributed by atoms with Crippen molar-refractivity contribution in [2.45, 2.75) is 45.6 Å². The zero-order chi connectivity index (χ0) is 16.2. The van der Waals surface area contributed by atoms with Gasteiger partial charge in [0.2, 0.25) is 0 Å². The van der Waals surface area contributed by atoms with E-state index in [1.54, 1.807) is 0 Å². The molecule has 2 aromatic rings. The summed E-state index contributed by atoms with van der Waals surface area (Å²) in [6.45, 7) is 6.36. The van der Waals surface area contributed by atoms with E-state index < -0.39 is 0 Å². The first-order valence-electron chi connectivity index (χ1n) is 8.69. The lowest BCUT2D eigenvalue weighted by Gasteiger charge is -2.35. The summed E-state index contributed by atoms with van der Waals surface area (Å²) >= 11 is 6.33. The third-order valence-electron chi connectivity index (χ3n) is 4.45. The van der Waals surface area contributed by atoms with E-state index in [0.717, 1.165) is 43.8 Å². The van der Waals surface area contributed by atoms with Gasteiger partial charge >= 0.3 is 0 Å². The third kappa shape index (κ3) is 3.69. The Hall–Kier alpha value is -1.13. The molecule has 0 bridgehead atoms. The maximum absolute atomic E-state index is 6.33. The second kappa shape index (κ2) is 7.63. The van der Waals surface area contributed by atoms with Crippen molar-refractivity contribution in [1.82, 2.24) is 16.0 Å². The number of hydrogen-bond acceptors (Lipinski definition) is 3. The number of nitrogens with zero attached hydrogens (tertiary/aromatic N) is 1. The molecule has 0 aromatic heterocycles. The molecule has 0 fully saturated rings. The van der Waals surface area contributed by atoms with Crippen molar-refractivity contribution in [1.29, 1.82) is 0 Å². The van der Waals surface area contributed by atoms with Crippen LogP contribution in [-0.2, 0) is 12.8 Å². The van der Waals surface area contributed by atoms with Crippen LogP contribution in [0.25, 0.3) is 10.8 Å². The molecule has 2 N–H and O–H groups in total. The van der Waals surface area contributed by atoms with E-state index in [4.69, 9.17) is 11.6 Å². The number of benzene rings is 2. The van der Waals surface area contributed by atoms with Crippen LogP contribution in [0.5, 0.6) is 0 Å². The predicted molar refractivity (Wildman–Crippen MR) is 98.6 cm³/mol. The largest absolute Gasteiger partial charge is 0.241 e. The van der Waals surface area contributed by atoms with Gasteiger partial charge in [-0.05, 0) is 59.7 Å². The predicted octanol–water partition coefficient (Wildman–Crippen LogP) is 4.09. The Balaban J connectivity index is 1.89. The van der Waals surface area contributed by atoms with E-state index in [-0.39, 0.29) is 0 Å². The Labute approximate surface area is 143 Å². The highest BCUT2D eigenvalue weighted by Crippen LogP contribution is 2.33. The number of nitrogens with one attached hydrogen (secondary N) is 2. The van der Waals surface area contributed by atoms with E-state index in [1.165, 1.54) is 21.9 Å². The van der Waals surface area contributed by atoms with Gasteiger partial charge in [-0.2, -0.15) is 5.12 Å². The molecule has 3 rings (SSSR count). The second-order valence-corrected chi connectivity index (χ2v) is 6.76. The van der Waals surface area contributed by atoms with Crippen LogP contribution in [0.1, 0.15) is 37.8 Å². The van der Waals surface area contributed by atoms with Crippen molar-refractivity contribution in [3.63, 3.8) is 0 Å². The summed E-state index contributed by atoms with van der Waals surface area (Å²) in [5.41, 5.74) is 9.87. The van der Waals surface area contributed by atoms with Crippen molar-refractivity contribution in [2.24, 2.45) is 0 Å². The second-order valence-electron chi connectivity index (χ2n) is 6.33. The molecule has 4 heteroatoms. The summed E-state index contributed by atoms with van der Waals surface area (Å²) in [4.78, 5) is 0. The van der Waals surface area contributed by atoms with Crippen LogP contribution in [0.3, 0.4) is 0 Å². The Morgan fingerprint density at radius 1 is 1.04 bits per heavy atom. The molecular formula is C19H26ClN3. The highest BCUT2D eigenvalue weighted by molar-refractivity contribution is 6.31. The van der Waals surface area contributed by atoms with Gasteiger partial charge in [0.05, 0.1) is 0 Å². The van der Waals surface area contributed by atoms with E-state index in [9.17, 15) is 0 Å². The highest BCUT2D eigenvalue weighted by Gasteiger charge is 2.25. The maximum atomic E-state index is 6.33. The summed E-state index contributed by atoms with van der Waals surface area (Å²) in [7, 11) is 0. The molecule has 0 saturated carbocycles. The van der Waals surface area contributed by atoms with Gasteiger partial charge in [0.15, 0.2) is 0 Å². The zero-order valence-corrected chi connectivity index (χ0v) is 14.8. The SMILES string of the molecule is CCCNN(NCCC)C1Cc2cccc3cc(Cl)cc(c23)C1. The van der Waals surface area contributed by atoms with Gasteiger partial charge in [-0.1, -0.05) is 43.6 Å². The van der Waals surface area contributed by atoms with Gasteiger partial charge in [-0.15, -0.1) is 0 Å². The summed E-state index contributed by atoms with van der Waals surface area (Å²) in [5.74, 6) is 0. The standard InChI is InChI=1S/C19H26ClN3/c1-3-8-21-23(22-9-4-2)18-12-15-7-5-6-14-10-17(20)11-16(13-18)19(14)15/h5-7,10-11,18,21-22H,3-4,8-9,12-13H2,1-2H3. The Bertz CT molecular complexity index is 663. The summed E-state index contributed by atoms with van der Waals surface area (Å²) in [6.07, 6.45) is 4.31. The molecule has 124 valence electrons. The Morgan fingerprint density at radius 3 is 2.43 bits per heavy atom. The molecule has 0 amide bonds. The topological polar surface area (TPSA) is 27.3 Å². The minimum Gasteiger partial charge on any atom is -0.241 e. The lowest BCUT2D eigenvalue weighted by molar-refractivity contribution is 0.0566. The fourth-order valence-electron chi connectivity index (χ4n) is 3.43. The molecular weight excluding hydrogens is 306 g/mol. The van der Waals surface area contributed by atoms with Crippen LogP contribution >= 0.6 is 11.6 Å². The number of halogens is 1. The Morgan fingerprint density at radius 2 is 1.74 bits per heavy atom. The van der Waals surface area contributed by atoms with E-state index in [2.05, 4.69) is 60.1 Å². The molecule has 1 atom stereocenters. The monoisotopic (exact) mass is 331 g/mol. The van der Waals surface area contributed by atoms with Gasteiger partial charge in [-0.3, -0.25) is 0 Å². The van der Waals surface area contributed by atoms with Crippen molar-refractivity contribution >= 4 is 22.4 Å². The lowest BCUT2D eigenvalue weighted by Crippen LogP contribution is -2.56. The molecule has 0 heterocycles. The first-order chi connectivity index (χ1) is 11.2. The number of hydrazine groups is 2. The van der Waals surface area contributed by atoms with Crippen LogP contribution in [-0.4, -0.2) is 24.2 Å². The molecule has 0 saturated heterocycles. The average Bonchev–Trinajstić information content (AvgIpc) is 2.54. The van der Waals surface area contributed by atoms with Gasteiger partial charge in [0.25, 0.3) is 0 Å². The van der Waals surface area contributed by atoms with Gasteiger partial charge in [-0.25, -0.2) is 10.9 Å². The molecule has 0 spiro atoms. The van der Waals surface area contributed by atoms with Gasteiger partial charge in [0.1, 0.15) is 0 Å². The average molecular weight is 332 g/mol. The quantitative estimate of drug-likeness (QED) is 0.748. The van der Waals surface area contributed by atoms with Crippen LogP contribution in [0, 0.1) is 0 Å². The van der Waals surface area contributed by atoms with E-state index in [0.29, 0.717) is 6.04 Å². The summed E-state index contributed by atoms with van der Waals surface area (Å²) in [6, 6.07) is 11.2. The minimum atomic E-state index is 0.407. The first kappa shape index (κ1) is 16.7. The van der Waals surface area contributed by atoms with E-state index >= 15 is 0 Å². The molecule has 1 unspecified atom stereocenters. The highest BCUT2D eigenvalue weighted by atomic mass is 35.5. The van der Waals surface area contributed by atoms with Crippen molar-refractivity contribution in [3.8, 4) is 0 Å². The fourth-order valence-corrected chi connectivity index (χ4v) is 3.68. The van der Waals surface area contributed by atoms with Crippen LogP contribution in [0.15, 0.2) is 30.3 Å². The van der Waals surface area contributed by atoms with Crippen LogP contribution < -0.4 is 10.9 Å². The molecule has 1 aliphatic rings. The van der Waals surface area contributed by atoms with Crippen molar-refractivity contribution < 1.29 is 0 Å². The van der Waals surface area contributed by atoms with Crippen molar-refractivity contribution in [2.75, 3.05) is 13.1 Å². The van der Waals surface area contributed by atoms with Crippen LogP contribution in [0.2, 0.25) is 5.02 Å². The molecule has 0 radical (unpaired) electrons. The van der Waals surface area contributed by atoms with Gasteiger partial charge in [0, 0.05) is 24.2 Å². The molecule has 3 nitrogen and oxygen atoms in total. The Kier molecular flexibility index (Phi) is 5.54. The first-order valence-corrected chi connectivity index (χ1v) is 9.07. The number of hydrogen-bond donors (Lipinski definition) is 2. The van der Waals surface area contributed by atoms with Gasteiger partial charge < -0.3 is 0 Å². The normalized spacial score (nSPS) is 17.1. The third-order valence-corrected chi connectivity index (χ3v) is 4.67. The zero-order valence-electron chi connectivity index (χ0n) is 14.0. The molecule has 2 aromatic carbocycles. The molecule has 1 aliphatic carbocycles. The maximum Gasteiger partial charge on any atom is 0.0481 e. The van der Waals surface area contributed by atoms with E-state index in [1.807, 2.05) is 0 Å². The molecule has 23 heavy (non-hydrogen) atoms. The number of rotatable bonds is 7. The summed E-state index contributed by atoms with van der Waals surface area (Å²) < 4.78 is 0. The molecule has 0 aliphatic heterocycles. The fraction of sp³-hybridized carbons (Fsp3) is 0.474. The minimum absolute atomic E-state index is 0.407. The van der Waals surface area contributed by atoms with Crippen LogP contribution in [0.4, 0.5) is 0 Å². The smallest absolute Gasteiger partial charge is 0.0481 e. The van der Waals surface area contributed by atoms with Crippen molar-refractivity contribution in [3.05, 3.63) is 46.5 Å². The summed E-state index contributed by atoms with van der Waals surface area (Å²) in [5, 5.41) is 5.73. The lowest BCUT2D eigenvalue weighted by atomic mass is 9.86.